The summed E-state index contributed by atoms with van der Waals surface area (Å²) >= 11 is 0. The highest BCUT2D eigenvalue weighted by Crippen LogP contribution is 2.27. The molecule has 112 valence electrons. The zero-order valence-corrected chi connectivity index (χ0v) is 11.6. The standard InChI is InChI=1S/C14H16N2O5/c1-21-9-10-4-6-15(7-5-10)11-2-3-13(16(19)20)12(8-11)14(17)18/h2-4,8H,5-7,9H2,1H3,(H,17,18). The van der Waals surface area contributed by atoms with Crippen molar-refractivity contribution in [1.82, 2.24) is 0 Å². The first-order valence-electron chi connectivity index (χ1n) is 6.46. The number of carboxylic acids is 1. The van der Waals surface area contributed by atoms with Crippen LogP contribution in [0, 0.1) is 10.1 Å². The Morgan fingerprint density at radius 1 is 1.52 bits per heavy atom. The van der Waals surface area contributed by atoms with Gasteiger partial charge in [-0.05, 0) is 24.1 Å². The molecule has 1 heterocycles. The van der Waals surface area contributed by atoms with Crippen molar-refractivity contribution in [3.05, 3.63) is 45.5 Å². The third kappa shape index (κ3) is 3.38. The fourth-order valence-electron chi connectivity index (χ4n) is 2.31. The zero-order chi connectivity index (χ0) is 15.4. The van der Waals surface area contributed by atoms with Crippen LogP contribution in [0.4, 0.5) is 11.4 Å². The summed E-state index contributed by atoms with van der Waals surface area (Å²) in [4.78, 5) is 23.3. The summed E-state index contributed by atoms with van der Waals surface area (Å²) in [5, 5.41) is 19.9. The van der Waals surface area contributed by atoms with E-state index in [0.717, 1.165) is 13.0 Å². The first kappa shape index (κ1) is 15.0. The minimum atomic E-state index is -1.30. The van der Waals surface area contributed by atoms with Gasteiger partial charge >= 0.3 is 5.97 Å². The van der Waals surface area contributed by atoms with Gasteiger partial charge in [0.2, 0.25) is 0 Å². The summed E-state index contributed by atoms with van der Waals surface area (Å²) in [6, 6.07) is 4.18. The number of nitro groups is 1. The molecule has 0 atom stereocenters. The third-order valence-electron chi connectivity index (χ3n) is 3.41. The van der Waals surface area contributed by atoms with E-state index in [1.54, 1.807) is 13.2 Å². The van der Waals surface area contributed by atoms with Crippen LogP contribution in [-0.4, -0.2) is 42.8 Å². The van der Waals surface area contributed by atoms with E-state index < -0.39 is 10.9 Å². The maximum atomic E-state index is 11.1. The van der Waals surface area contributed by atoms with Gasteiger partial charge in [0.25, 0.3) is 5.69 Å². The predicted octanol–water partition coefficient (Wildman–Crippen LogP) is 2.08. The number of nitro benzene ring substituents is 1. The van der Waals surface area contributed by atoms with Crippen LogP contribution in [0.5, 0.6) is 0 Å². The Morgan fingerprint density at radius 2 is 2.29 bits per heavy atom. The van der Waals surface area contributed by atoms with E-state index in [2.05, 4.69) is 0 Å². The molecule has 0 aromatic heterocycles. The molecule has 1 aromatic rings. The number of hydrogen-bond donors (Lipinski definition) is 1. The van der Waals surface area contributed by atoms with Crippen molar-refractivity contribution in [2.75, 3.05) is 31.7 Å². The fraction of sp³-hybridized carbons (Fsp3) is 0.357. The van der Waals surface area contributed by atoms with Crippen LogP contribution in [-0.2, 0) is 4.74 Å². The number of anilines is 1. The summed E-state index contributed by atoms with van der Waals surface area (Å²) in [7, 11) is 1.64. The molecule has 7 heteroatoms. The number of rotatable bonds is 5. The molecule has 21 heavy (non-hydrogen) atoms. The highest BCUT2D eigenvalue weighted by atomic mass is 16.6. The van der Waals surface area contributed by atoms with Crippen LogP contribution in [0.25, 0.3) is 0 Å². The van der Waals surface area contributed by atoms with Gasteiger partial charge in [0.15, 0.2) is 0 Å². The summed E-state index contributed by atoms with van der Waals surface area (Å²) in [5.74, 6) is -1.30. The molecular weight excluding hydrogens is 276 g/mol. The van der Waals surface area contributed by atoms with Gasteiger partial charge in [0, 0.05) is 32.0 Å². The highest BCUT2D eigenvalue weighted by Gasteiger charge is 2.22. The topological polar surface area (TPSA) is 92.9 Å². The monoisotopic (exact) mass is 292 g/mol. The average molecular weight is 292 g/mol. The van der Waals surface area contributed by atoms with E-state index in [0.29, 0.717) is 18.8 Å². The molecule has 1 aliphatic heterocycles. The Hall–Kier alpha value is -2.41. The Labute approximate surface area is 121 Å². The summed E-state index contributed by atoms with van der Waals surface area (Å²) in [6.07, 6.45) is 2.86. The summed E-state index contributed by atoms with van der Waals surface area (Å²) in [6.45, 7) is 1.95. The lowest BCUT2D eigenvalue weighted by atomic mass is 10.1. The third-order valence-corrected chi connectivity index (χ3v) is 3.41. The Morgan fingerprint density at radius 3 is 2.81 bits per heavy atom. The first-order valence-corrected chi connectivity index (χ1v) is 6.46. The van der Waals surface area contributed by atoms with Crippen LogP contribution < -0.4 is 4.90 Å². The van der Waals surface area contributed by atoms with Gasteiger partial charge in [-0.2, -0.15) is 0 Å². The Bertz CT molecular complexity index is 597. The lowest BCUT2D eigenvalue weighted by molar-refractivity contribution is -0.385. The molecule has 1 aliphatic rings. The second-order valence-corrected chi connectivity index (χ2v) is 4.76. The van der Waals surface area contributed by atoms with E-state index in [-0.39, 0.29) is 11.3 Å². The quantitative estimate of drug-likeness (QED) is 0.507. The van der Waals surface area contributed by atoms with Gasteiger partial charge in [-0.3, -0.25) is 10.1 Å². The molecule has 1 N–H and O–H groups in total. The van der Waals surface area contributed by atoms with E-state index in [1.807, 2.05) is 11.0 Å². The maximum Gasteiger partial charge on any atom is 0.342 e. The molecule has 0 unspecified atom stereocenters. The molecule has 2 rings (SSSR count). The minimum absolute atomic E-state index is 0.288. The maximum absolute atomic E-state index is 11.1. The van der Waals surface area contributed by atoms with Crippen LogP contribution >= 0.6 is 0 Å². The molecule has 0 spiro atoms. The molecule has 1 aromatic carbocycles. The van der Waals surface area contributed by atoms with Crippen LogP contribution in [0.3, 0.4) is 0 Å². The van der Waals surface area contributed by atoms with Gasteiger partial charge in [0.05, 0.1) is 11.5 Å². The number of aromatic carboxylic acids is 1. The number of hydrogen-bond acceptors (Lipinski definition) is 5. The van der Waals surface area contributed by atoms with Crippen molar-refractivity contribution in [3.63, 3.8) is 0 Å². The minimum Gasteiger partial charge on any atom is -0.477 e. The molecule has 0 aliphatic carbocycles. The SMILES string of the molecule is COCC1=CCN(c2ccc([N+](=O)[O-])c(C(=O)O)c2)CC1. The first-order chi connectivity index (χ1) is 10.0. The predicted molar refractivity (Wildman–Crippen MR) is 76.8 cm³/mol. The fourth-order valence-corrected chi connectivity index (χ4v) is 2.31. The number of ether oxygens (including phenoxy) is 1. The van der Waals surface area contributed by atoms with E-state index in [4.69, 9.17) is 9.84 Å². The number of methoxy groups -OCH3 is 1. The van der Waals surface area contributed by atoms with Crippen LogP contribution in [0.1, 0.15) is 16.8 Å². The second-order valence-electron chi connectivity index (χ2n) is 4.76. The lowest BCUT2D eigenvalue weighted by Crippen LogP contribution is -2.29. The van der Waals surface area contributed by atoms with E-state index >= 15 is 0 Å². The number of carbonyl (C=O) groups is 1. The van der Waals surface area contributed by atoms with Gasteiger partial charge in [-0.1, -0.05) is 6.08 Å². The smallest absolute Gasteiger partial charge is 0.342 e. The molecule has 0 amide bonds. The van der Waals surface area contributed by atoms with Crippen molar-refractivity contribution in [2.24, 2.45) is 0 Å². The van der Waals surface area contributed by atoms with Gasteiger partial charge in [0.1, 0.15) is 5.56 Å². The number of benzene rings is 1. The highest BCUT2D eigenvalue weighted by molar-refractivity contribution is 5.93. The number of nitrogens with zero attached hydrogens (tertiary/aromatic N) is 2. The molecule has 0 saturated carbocycles. The largest absolute Gasteiger partial charge is 0.477 e. The number of carboxylic acid groups (broad SMARTS) is 1. The van der Waals surface area contributed by atoms with E-state index in [9.17, 15) is 14.9 Å². The van der Waals surface area contributed by atoms with Crippen LogP contribution in [0.15, 0.2) is 29.8 Å². The van der Waals surface area contributed by atoms with Gasteiger partial charge < -0.3 is 14.7 Å². The average Bonchev–Trinajstić information content (AvgIpc) is 2.47. The van der Waals surface area contributed by atoms with Gasteiger partial charge in [-0.25, -0.2) is 4.79 Å². The molecule has 0 saturated heterocycles. The van der Waals surface area contributed by atoms with Crippen molar-refractivity contribution < 1.29 is 19.6 Å². The molecule has 0 bridgehead atoms. The van der Waals surface area contributed by atoms with E-state index in [1.165, 1.54) is 17.7 Å². The molecule has 0 radical (unpaired) electrons. The van der Waals surface area contributed by atoms with Crippen molar-refractivity contribution >= 4 is 17.3 Å². The summed E-state index contributed by atoms with van der Waals surface area (Å²) in [5.41, 5.74) is 1.20. The Kier molecular flexibility index (Phi) is 4.54. The zero-order valence-electron chi connectivity index (χ0n) is 11.6. The normalized spacial score (nSPS) is 14.7. The second kappa shape index (κ2) is 6.36. The molecule has 0 fully saturated rings. The van der Waals surface area contributed by atoms with Crippen molar-refractivity contribution in [1.29, 1.82) is 0 Å². The van der Waals surface area contributed by atoms with Crippen molar-refractivity contribution in [2.45, 2.75) is 6.42 Å². The van der Waals surface area contributed by atoms with Gasteiger partial charge in [-0.15, -0.1) is 0 Å². The lowest BCUT2D eigenvalue weighted by Gasteiger charge is -2.28. The van der Waals surface area contributed by atoms with Crippen molar-refractivity contribution in [3.8, 4) is 0 Å². The Balaban J connectivity index is 2.24. The summed E-state index contributed by atoms with van der Waals surface area (Å²) < 4.78 is 5.08. The molecule has 7 nitrogen and oxygen atoms in total. The molecular formula is C14H16N2O5. The van der Waals surface area contributed by atoms with Crippen LogP contribution in [0.2, 0.25) is 0 Å².